The van der Waals surface area contributed by atoms with Crippen molar-refractivity contribution in [2.24, 2.45) is 17.5 Å². The summed E-state index contributed by atoms with van der Waals surface area (Å²) in [6.45, 7) is 4.60. The van der Waals surface area contributed by atoms with Crippen LogP contribution in [-0.2, 0) is 9.53 Å². The molecule has 6 nitrogen and oxygen atoms in total. The first kappa shape index (κ1) is 16.2. The van der Waals surface area contributed by atoms with Gasteiger partial charge in [0.05, 0.1) is 18.9 Å². The molecule has 1 aliphatic carbocycles. The number of hydrogen-bond acceptors (Lipinski definition) is 6. The van der Waals surface area contributed by atoms with Gasteiger partial charge in [0.1, 0.15) is 5.75 Å². The van der Waals surface area contributed by atoms with Crippen molar-refractivity contribution in [3.8, 4) is 5.75 Å². The third kappa shape index (κ3) is 3.92. The van der Waals surface area contributed by atoms with E-state index in [0.717, 1.165) is 11.3 Å². The van der Waals surface area contributed by atoms with Gasteiger partial charge in [-0.2, -0.15) is 0 Å². The van der Waals surface area contributed by atoms with Crippen LogP contribution in [-0.4, -0.2) is 19.2 Å². The first-order chi connectivity index (χ1) is 10.6. The van der Waals surface area contributed by atoms with Crippen molar-refractivity contribution in [3.63, 3.8) is 0 Å². The normalized spacial score (nSPS) is 15.0. The van der Waals surface area contributed by atoms with E-state index in [1.807, 2.05) is 25.1 Å². The number of esters is 1. The van der Waals surface area contributed by atoms with Crippen molar-refractivity contribution >= 4 is 11.7 Å². The number of carbonyl (C=O) groups is 1. The molecule has 1 aliphatic rings. The van der Waals surface area contributed by atoms with E-state index in [-0.39, 0.29) is 18.0 Å². The van der Waals surface area contributed by atoms with Gasteiger partial charge in [-0.25, -0.2) is 4.79 Å². The Morgan fingerprint density at radius 2 is 2.14 bits per heavy atom. The fourth-order valence-electron chi connectivity index (χ4n) is 2.06. The second-order valence-electron chi connectivity index (χ2n) is 5.38. The lowest BCUT2D eigenvalue weighted by molar-refractivity contribution is -0.138. The molecule has 0 aromatic heterocycles. The zero-order chi connectivity index (χ0) is 16.1. The molecule has 0 unspecified atom stereocenters. The van der Waals surface area contributed by atoms with Gasteiger partial charge in [-0.05, 0) is 50.3 Å². The van der Waals surface area contributed by atoms with E-state index < -0.39 is 5.97 Å². The molecule has 6 heteroatoms. The quantitative estimate of drug-likeness (QED) is 0.305. The number of ether oxygens (including phenoxy) is 2. The second-order valence-corrected chi connectivity index (χ2v) is 5.38. The Labute approximate surface area is 130 Å². The predicted molar refractivity (Wildman–Crippen MR) is 84.5 cm³/mol. The number of rotatable bonds is 7. The van der Waals surface area contributed by atoms with E-state index in [0.29, 0.717) is 18.1 Å². The third-order valence-corrected chi connectivity index (χ3v) is 3.58. The number of hydrogen-bond donors (Lipinski definition) is 3. The van der Waals surface area contributed by atoms with E-state index in [1.54, 1.807) is 6.92 Å². The van der Waals surface area contributed by atoms with Crippen LogP contribution in [0.2, 0.25) is 0 Å². The van der Waals surface area contributed by atoms with Gasteiger partial charge in [-0.1, -0.05) is 6.07 Å². The summed E-state index contributed by atoms with van der Waals surface area (Å²) in [4.78, 5) is 11.9. The van der Waals surface area contributed by atoms with Crippen LogP contribution in [0.25, 0.3) is 5.70 Å². The zero-order valence-corrected chi connectivity index (χ0v) is 13.0. The molecule has 1 fully saturated rings. The number of carbonyl (C=O) groups excluding carboxylic acids is 1. The summed E-state index contributed by atoms with van der Waals surface area (Å²) in [7, 11) is 0. The molecule has 1 aromatic carbocycles. The number of nitrogens with one attached hydrogen (secondary N) is 1. The minimum Gasteiger partial charge on any atom is -0.493 e. The largest absolute Gasteiger partial charge is 0.493 e. The maximum atomic E-state index is 11.9. The minimum absolute atomic E-state index is 0.0456. The lowest BCUT2D eigenvalue weighted by Gasteiger charge is -2.14. The SMILES string of the molecule is CCOC(=O)/C(NN)=C(/N)c1cc(OCC2CC2)ccc1C. The molecule has 0 atom stereocenters. The van der Waals surface area contributed by atoms with Gasteiger partial charge in [0.25, 0.3) is 0 Å². The van der Waals surface area contributed by atoms with Gasteiger partial charge in [0.15, 0.2) is 5.70 Å². The third-order valence-electron chi connectivity index (χ3n) is 3.58. The molecule has 1 aromatic rings. The molecular formula is C16H23N3O3. The lowest BCUT2D eigenvalue weighted by atomic mass is 10.0. The topological polar surface area (TPSA) is 99.6 Å². The van der Waals surface area contributed by atoms with E-state index in [4.69, 9.17) is 21.1 Å². The standard InChI is InChI=1S/C16H23N3O3/c1-3-21-16(20)15(19-18)14(17)13-8-12(7-4-10(13)2)22-9-11-5-6-11/h4,7-8,11,19H,3,5-6,9,17-18H2,1-2H3/b15-14-. The van der Waals surface area contributed by atoms with E-state index in [2.05, 4.69) is 5.43 Å². The number of aryl methyl sites for hydroxylation is 1. The van der Waals surface area contributed by atoms with Crippen LogP contribution in [0.15, 0.2) is 23.9 Å². The average Bonchev–Trinajstić information content (AvgIpc) is 3.31. The van der Waals surface area contributed by atoms with Crippen molar-refractivity contribution < 1.29 is 14.3 Å². The summed E-state index contributed by atoms with van der Waals surface area (Å²) < 4.78 is 10.7. The summed E-state index contributed by atoms with van der Waals surface area (Å²) in [5.41, 5.74) is 10.3. The Morgan fingerprint density at radius 1 is 1.41 bits per heavy atom. The van der Waals surface area contributed by atoms with Gasteiger partial charge in [0.2, 0.25) is 0 Å². The molecule has 0 aliphatic heterocycles. The first-order valence-corrected chi connectivity index (χ1v) is 7.44. The van der Waals surface area contributed by atoms with Crippen LogP contribution in [0, 0.1) is 12.8 Å². The predicted octanol–water partition coefficient (Wildman–Crippen LogP) is 1.44. The first-order valence-electron chi connectivity index (χ1n) is 7.44. The van der Waals surface area contributed by atoms with Crippen LogP contribution >= 0.6 is 0 Å². The van der Waals surface area contributed by atoms with Crippen LogP contribution in [0.5, 0.6) is 5.75 Å². The zero-order valence-electron chi connectivity index (χ0n) is 13.0. The number of hydrazine groups is 1. The van der Waals surface area contributed by atoms with Crippen LogP contribution < -0.4 is 21.7 Å². The van der Waals surface area contributed by atoms with E-state index in [1.165, 1.54) is 12.8 Å². The Kier molecular flexibility index (Phi) is 5.27. The van der Waals surface area contributed by atoms with Crippen molar-refractivity contribution in [2.75, 3.05) is 13.2 Å². The summed E-state index contributed by atoms with van der Waals surface area (Å²) >= 11 is 0. The summed E-state index contributed by atoms with van der Waals surface area (Å²) in [5, 5.41) is 0. The Hall–Kier alpha value is -2.21. The van der Waals surface area contributed by atoms with Crippen molar-refractivity contribution in [1.29, 1.82) is 0 Å². The Morgan fingerprint density at radius 3 is 2.73 bits per heavy atom. The number of nitrogens with two attached hydrogens (primary N) is 2. The molecule has 0 saturated heterocycles. The fourth-order valence-corrected chi connectivity index (χ4v) is 2.06. The molecular weight excluding hydrogens is 282 g/mol. The molecule has 22 heavy (non-hydrogen) atoms. The molecule has 0 bridgehead atoms. The maximum Gasteiger partial charge on any atom is 0.357 e. The molecule has 0 heterocycles. The number of benzene rings is 1. The van der Waals surface area contributed by atoms with Crippen LogP contribution in [0.4, 0.5) is 0 Å². The molecule has 5 N–H and O–H groups in total. The van der Waals surface area contributed by atoms with Crippen LogP contribution in [0.1, 0.15) is 30.9 Å². The fraction of sp³-hybridized carbons (Fsp3) is 0.438. The average molecular weight is 305 g/mol. The Balaban J connectivity index is 2.26. The van der Waals surface area contributed by atoms with Gasteiger partial charge >= 0.3 is 5.97 Å². The molecule has 120 valence electrons. The lowest BCUT2D eigenvalue weighted by Crippen LogP contribution is -2.31. The monoisotopic (exact) mass is 305 g/mol. The van der Waals surface area contributed by atoms with Gasteiger partial charge < -0.3 is 20.6 Å². The van der Waals surface area contributed by atoms with E-state index >= 15 is 0 Å². The smallest absolute Gasteiger partial charge is 0.357 e. The second kappa shape index (κ2) is 7.17. The van der Waals surface area contributed by atoms with Crippen molar-refractivity contribution in [1.82, 2.24) is 5.43 Å². The van der Waals surface area contributed by atoms with Crippen molar-refractivity contribution in [3.05, 3.63) is 35.0 Å². The molecule has 0 radical (unpaired) electrons. The highest BCUT2D eigenvalue weighted by Crippen LogP contribution is 2.30. The highest BCUT2D eigenvalue weighted by Gasteiger charge is 2.22. The molecule has 2 rings (SSSR count). The maximum absolute atomic E-state index is 11.9. The molecule has 0 amide bonds. The molecule has 1 saturated carbocycles. The summed E-state index contributed by atoms with van der Waals surface area (Å²) in [6, 6.07) is 5.63. The Bertz CT molecular complexity index is 580. The van der Waals surface area contributed by atoms with Crippen LogP contribution in [0.3, 0.4) is 0 Å². The van der Waals surface area contributed by atoms with Gasteiger partial charge in [-0.15, -0.1) is 0 Å². The van der Waals surface area contributed by atoms with E-state index in [9.17, 15) is 4.79 Å². The highest BCUT2D eigenvalue weighted by molar-refractivity contribution is 5.96. The van der Waals surface area contributed by atoms with Gasteiger partial charge in [-0.3, -0.25) is 5.84 Å². The molecule has 0 spiro atoms. The van der Waals surface area contributed by atoms with Crippen molar-refractivity contribution in [2.45, 2.75) is 26.7 Å². The summed E-state index contributed by atoms with van der Waals surface area (Å²) in [5.74, 6) is 6.24. The minimum atomic E-state index is -0.578. The van der Waals surface area contributed by atoms with Gasteiger partial charge in [0, 0.05) is 5.56 Å². The highest BCUT2D eigenvalue weighted by atomic mass is 16.5. The summed E-state index contributed by atoms with van der Waals surface area (Å²) in [6.07, 6.45) is 2.45.